The summed E-state index contributed by atoms with van der Waals surface area (Å²) in [6, 6.07) is 10.4. The fourth-order valence-corrected chi connectivity index (χ4v) is 3.80. The molecule has 4 rings (SSSR count). The van der Waals surface area contributed by atoms with E-state index >= 15 is 0 Å². The number of amides is 1. The van der Waals surface area contributed by atoms with Crippen molar-refractivity contribution in [2.24, 2.45) is 0 Å². The van der Waals surface area contributed by atoms with Gasteiger partial charge in [0, 0.05) is 24.1 Å². The molecule has 0 N–H and O–H groups in total. The van der Waals surface area contributed by atoms with Gasteiger partial charge in [0.15, 0.2) is 0 Å². The fourth-order valence-electron chi connectivity index (χ4n) is 3.59. The predicted octanol–water partition coefficient (Wildman–Crippen LogP) is 3.15. The van der Waals surface area contributed by atoms with Gasteiger partial charge in [0.05, 0.1) is 11.9 Å². The molecule has 0 aliphatic carbocycles. The van der Waals surface area contributed by atoms with E-state index in [0.29, 0.717) is 35.3 Å². The molecule has 1 amide bonds. The molecule has 1 fully saturated rings. The van der Waals surface area contributed by atoms with Crippen molar-refractivity contribution in [3.05, 3.63) is 80.9 Å². The number of hydrogen-bond acceptors (Lipinski definition) is 5. The molecule has 0 radical (unpaired) electrons. The smallest absolute Gasteiger partial charge is 0.267 e. The molecule has 1 atom stereocenters. The number of likely N-dealkylation sites (tertiary alicyclic amines) is 1. The summed E-state index contributed by atoms with van der Waals surface area (Å²) in [4.78, 5) is 30.9. The Hall–Kier alpha value is -2.93. The van der Waals surface area contributed by atoms with Crippen molar-refractivity contribution in [1.29, 1.82) is 0 Å². The molecule has 0 bridgehead atoms. The lowest BCUT2D eigenvalue weighted by molar-refractivity contribution is -0.133. The summed E-state index contributed by atoms with van der Waals surface area (Å²) in [5, 5.41) is 4.83. The number of aryl methyl sites for hydroxylation is 1. The zero-order valence-electron chi connectivity index (χ0n) is 16.0. The Labute approximate surface area is 172 Å². The van der Waals surface area contributed by atoms with Crippen LogP contribution in [0.3, 0.4) is 0 Å². The molecule has 2 aromatic heterocycles. The van der Waals surface area contributed by atoms with E-state index in [-0.39, 0.29) is 24.1 Å². The number of carbonyl (C=O) groups excluding carboxylic acids is 1. The third kappa shape index (κ3) is 4.24. The van der Waals surface area contributed by atoms with E-state index in [1.54, 1.807) is 24.1 Å². The number of rotatable bonds is 5. The Morgan fingerprint density at radius 2 is 2.10 bits per heavy atom. The standard InChI is InChI=1S/C21H21ClN4O3/c1-14-8-9-19(27)26(24-14)13-20(28)25-10-4-7-18(25)21-23-12-16(29-21)11-15-5-2-3-6-17(15)22/h2-3,5-6,8-9,12,18H,4,7,10-11,13H2,1H3/t18-/m1/s1. The van der Waals surface area contributed by atoms with Crippen LogP contribution in [0.4, 0.5) is 0 Å². The summed E-state index contributed by atoms with van der Waals surface area (Å²) >= 11 is 6.22. The van der Waals surface area contributed by atoms with Crippen LogP contribution in [0, 0.1) is 6.92 Å². The fraction of sp³-hybridized carbons (Fsp3) is 0.333. The number of benzene rings is 1. The van der Waals surface area contributed by atoms with Crippen molar-refractivity contribution >= 4 is 17.5 Å². The van der Waals surface area contributed by atoms with Crippen molar-refractivity contribution in [3.8, 4) is 0 Å². The van der Waals surface area contributed by atoms with E-state index in [1.165, 1.54) is 10.7 Å². The molecule has 1 aliphatic rings. The van der Waals surface area contributed by atoms with Gasteiger partial charge in [-0.1, -0.05) is 29.8 Å². The first-order chi connectivity index (χ1) is 14.0. The Morgan fingerprint density at radius 3 is 2.93 bits per heavy atom. The highest BCUT2D eigenvalue weighted by Gasteiger charge is 2.33. The van der Waals surface area contributed by atoms with E-state index < -0.39 is 0 Å². The van der Waals surface area contributed by atoms with Gasteiger partial charge < -0.3 is 9.32 Å². The van der Waals surface area contributed by atoms with Crippen molar-refractivity contribution in [2.45, 2.75) is 38.8 Å². The van der Waals surface area contributed by atoms with Gasteiger partial charge >= 0.3 is 0 Å². The van der Waals surface area contributed by atoms with Gasteiger partial charge in [0.25, 0.3) is 5.56 Å². The van der Waals surface area contributed by atoms with Crippen LogP contribution in [0.1, 0.15) is 41.8 Å². The van der Waals surface area contributed by atoms with Gasteiger partial charge in [-0.2, -0.15) is 5.10 Å². The molecule has 7 nitrogen and oxygen atoms in total. The first kappa shape index (κ1) is 19.4. The lowest BCUT2D eigenvalue weighted by atomic mass is 10.1. The number of carbonyl (C=O) groups is 1. The predicted molar refractivity (Wildman–Crippen MR) is 108 cm³/mol. The summed E-state index contributed by atoms with van der Waals surface area (Å²) in [7, 11) is 0. The molecule has 0 unspecified atom stereocenters. The largest absolute Gasteiger partial charge is 0.443 e. The number of nitrogens with zero attached hydrogens (tertiary/aromatic N) is 4. The minimum absolute atomic E-state index is 0.0931. The van der Waals surface area contributed by atoms with Gasteiger partial charge in [0.1, 0.15) is 18.3 Å². The van der Waals surface area contributed by atoms with Gasteiger partial charge in [-0.15, -0.1) is 0 Å². The molecule has 0 spiro atoms. The first-order valence-corrected chi connectivity index (χ1v) is 9.91. The summed E-state index contributed by atoms with van der Waals surface area (Å²) in [5.74, 6) is 1.05. The Balaban J connectivity index is 1.49. The highest BCUT2D eigenvalue weighted by molar-refractivity contribution is 6.31. The average Bonchev–Trinajstić information content (AvgIpc) is 3.36. The normalized spacial score (nSPS) is 16.3. The maximum absolute atomic E-state index is 12.8. The molecule has 1 aliphatic heterocycles. The molecule has 3 heterocycles. The van der Waals surface area contributed by atoms with Gasteiger partial charge in [-0.05, 0) is 37.5 Å². The van der Waals surface area contributed by atoms with Crippen molar-refractivity contribution in [3.63, 3.8) is 0 Å². The third-order valence-electron chi connectivity index (χ3n) is 5.04. The highest BCUT2D eigenvalue weighted by atomic mass is 35.5. The second-order valence-electron chi connectivity index (χ2n) is 7.15. The summed E-state index contributed by atoms with van der Waals surface area (Å²) in [6.45, 7) is 2.29. The highest BCUT2D eigenvalue weighted by Crippen LogP contribution is 2.32. The van der Waals surface area contributed by atoms with Crippen LogP contribution >= 0.6 is 11.6 Å². The van der Waals surface area contributed by atoms with Crippen LogP contribution in [0.2, 0.25) is 5.02 Å². The topological polar surface area (TPSA) is 81.2 Å². The lowest BCUT2D eigenvalue weighted by Gasteiger charge is -2.22. The Bertz CT molecular complexity index is 1090. The van der Waals surface area contributed by atoms with E-state index in [4.69, 9.17) is 16.0 Å². The molecule has 1 aromatic carbocycles. The van der Waals surface area contributed by atoms with Gasteiger partial charge in [-0.3, -0.25) is 9.59 Å². The number of aromatic nitrogens is 3. The van der Waals surface area contributed by atoms with Crippen LogP contribution in [0.5, 0.6) is 0 Å². The minimum Gasteiger partial charge on any atom is -0.443 e. The maximum atomic E-state index is 12.8. The van der Waals surface area contributed by atoms with Crippen LogP contribution in [-0.4, -0.2) is 32.1 Å². The lowest BCUT2D eigenvalue weighted by Crippen LogP contribution is -2.37. The summed E-state index contributed by atoms with van der Waals surface area (Å²) in [5.41, 5.74) is 1.35. The van der Waals surface area contributed by atoms with E-state index in [9.17, 15) is 9.59 Å². The molecule has 150 valence electrons. The minimum atomic E-state index is -0.294. The molecular weight excluding hydrogens is 392 g/mol. The number of oxazole rings is 1. The zero-order valence-corrected chi connectivity index (χ0v) is 16.8. The molecule has 3 aromatic rings. The van der Waals surface area contributed by atoms with E-state index in [2.05, 4.69) is 10.1 Å². The Kier molecular flexibility index (Phi) is 5.49. The zero-order chi connectivity index (χ0) is 20.4. The second-order valence-corrected chi connectivity index (χ2v) is 7.56. The van der Waals surface area contributed by atoms with Crippen molar-refractivity contribution < 1.29 is 9.21 Å². The molecule has 29 heavy (non-hydrogen) atoms. The number of hydrogen-bond donors (Lipinski definition) is 0. The maximum Gasteiger partial charge on any atom is 0.267 e. The second kappa shape index (κ2) is 8.21. The summed E-state index contributed by atoms with van der Waals surface area (Å²) in [6.07, 6.45) is 3.85. The van der Waals surface area contributed by atoms with Gasteiger partial charge in [0.2, 0.25) is 11.8 Å². The van der Waals surface area contributed by atoms with Crippen LogP contribution in [-0.2, 0) is 17.8 Å². The first-order valence-electron chi connectivity index (χ1n) is 9.53. The van der Waals surface area contributed by atoms with Crippen LogP contribution in [0.15, 0.2) is 51.8 Å². The molecule has 1 saturated heterocycles. The molecule has 0 saturated carbocycles. The van der Waals surface area contributed by atoms with Crippen LogP contribution in [0.25, 0.3) is 0 Å². The quantitative estimate of drug-likeness (QED) is 0.643. The van der Waals surface area contributed by atoms with E-state index in [0.717, 1.165) is 18.4 Å². The number of halogens is 1. The van der Waals surface area contributed by atoms with E-state index in [1.807, 2.05) is 24.3 Å². The van der Waals surface area contributed by atoms with Crippen molar-refractivity contribution in [1.82, 2.24) is 19.7 Å². The van der Waals surface area contributed by atoms with Crippen LogP contribution < -0.4 is 5.56 Å². The van der Waals surface area contributed by atoms with Gasteiger partial charge in [-0.25, -0.2) is 9.67 Å². The SMILES string of the molecule is Cc1ccc(=O)n(CC(=O)N2CCC[C@@H]2c2ncc(Cc3ccccc3Cl)o2)n1. The third-order valence-corrected chi connectivity index (χ3v) is 5.41. The molecular formula is C21H21ClN4O3. The molecule has 8 heteroatoms. The monoisotopic (exact) mass is 412 g/mol. The van der Waals surface area contributed by atoms with Crippen molar-refractivity contribution in [2.75, 3.05) is 6.54 Å². The summed E-state index contributed by atoms with van der Waals surface area (Å²) < 4.78 is 7.15. The Morgan fingerprint density at radius 1 is 1.28 bits per heavy atom. The average molecular weight is 413 g/mol.